The zero-order valence-electron chi connectivity index (χ0n) is 24.0. The number of benzene rings is 3. The summed E-state index contributed by atoms with van der Waals surface area (Å²) in [4.78, 5) is 40.7. The van der Waals surface area contributed by atoms with Crippen LogP contribution in [-0.2, 0) is 12.8 Å². The van der Waals surface area contributed by atoms with Gasteiger partial charge in [-0.05, 0) is 78.4 Å². The Morgan fingerprint density at radius 1 is 1.14 bits per heavy atom. The van der Waals surface area contributed by atoms with E-state index >= 15 is 0 Å². The summed E-state index contributed by atoms with van der Waals surface area (Å²) in [6, 6.07) is 18.2. The standard InChI is InChI=1S/C34H28FN5O4/c1-19-13-28-26(38-33(42)32-37-18-29(40(28)32)22-15-25(35)31(41)30(16-22)44-2)17-24(19)34(43)39-12-9-21-5-3-4-6-23(21)27(39)14-20-7-10-36-11-8-20/h3-8,10-11,13,15-18,27,41H,9,12,14H2,1-2H3,(H,38,42). The van der Waals surface area contributed by atoms with Gasteiger partial charge in [0, 0.05) is 30.1 Å². The van der Waals surface area contributed by atoms with Crippen molar-refractivity contribution in [3.63, 3.8) is 0 Å². The first-order chi connectivity index (χ1) is 21.3. The zero-order valence-corrected chi connectivity index (χ0v) is 24.0. The summed E-state index contributed by atoms with van der Waals surface area (Å²) in [5, 5.41) is 10.0. The third kappa shape index (κ3) is 4.46. The van der Waals surface area contributed by atoms with E-state index in [-0.39, 0.29) is 23.3 Å². The van der Waals surface area contributed by atoms with E-state index in [2.05, 4.69) is 27.1 Å². The number of ether oxygens (including phenoxy) is 1. The predicted molar refractivity (Wildman–Crippen MR) is 164 cm³/mol. The molecule has 0 radical (unpaired) electrons. The molecule has 0 fully saturated rings. The molecular formula is C34H28FN5O4. The van der Waals surface area contributed by atoms with Crippen LogP contribution in [0.15, 0.2) is 84.0 Å². The number of hydrogen-bond acceptors (Lipinski definition) is 6. The fourth-order valence-corrected chi connectivity index (χ4v) is 6.23. The number of aromatic hydroxyl groups is 1. The maximum Gasteiger partial charge on any atom is 0.292 e. The van der Waals surface area contributed by atoms with Crippen molar-refractivity contribution < 1.29 is 19.0 Å². The highest BCUT2D eigenvalue weighted by atomic mass is 19.1. The third-order valence-corrected chi connectivity index (χ3v) is 8.42. The first kappa shape index (κ1) is 27.3. The highest BCUT2D eigenvalue weighted by Gasteiger charge is 2.32. The van der Waals surface area contributed by atoms with E-state index < -0.39 is 17.1 Å². The molecule has 7 rings (SSSR count). The number of H-pyrrole nitrogens is 1. The van der Waals surface area contributed by atoms with E-state index in [0.29, 0.717) is 46.4 Å². The number of nitrogens with one attached hydrogen (secondary N) is 1. The van der Waals surface area contributed by atoms with Crippen molar-refractivity contribution in [1.82, 2.24) is 24.3 Å². The van der Waals surface area contributed by atoms with Crippen LogP contribution in [0.3, 0.4) is 0 Å². The molecule has 6 aromatic rings. The van der Waals surface area contributed by atoms with E-state index in [1.54, 1.807) is 22.9 Å². The molecule has 0 bridgehead atoms. The summed E-state index contributed by atoms with van der Waals surface area (Å²) < 4.78 is 21.4. The lowest BCUT2D eigenvalue weighted by Crippen LogP contribution is -2.41. The third-order valence-electron chi connectivity index (χ3n) is 8.42. The maximum absolute atomic E-state index is 14.6. The number of aromatic nitrogens is 4. The fraction of sp³-hybridized carbons (Fsp3) is 0.176. The van der Waals surface area contributed by atoms with Gasteiger partial charge in [0.05, 0.1) is 36.1 Å². The van der Waals surface area contributed by atoms with Gasteiger partial charge in [0.2, 0.25) is 5.65 Å². The number of imidazole rings is 1. The normalized spacial score (nSPS) is 14.6. The quantitative estimate of drug-likeness (QED) is 0.279. The number of nitrogens with zero attached hydrogens (tertiary/aromatic N) is 4. The Hall–Kier alpha value is -5.51. The van der Waals surface area contributed by atoms with Crippen LogP contribution in [0.25, 0.3) is 27.9 Å². The molecule has 2 N–H and O–H groups in total. The van der Waals surface area contributed by atoms with Crippen LogP contribution >= 0.6 is 0 Å². The highest BCUT2D eigenvalue weighted by molar-refractivity contribution is 6.00. The Bertz CT molecular complexity index is 2140. The predicted octanol–water partition coefficient (Wildman–Crippen LogP) is 5.38. The minimum Gasteiger partial charge on any atom is -0.502 e. The Kier molecular flexibility index (Phi) is 6.61. The summed E-state index contributed by atoms with van der Waals surface area (Å²) in [5.41, 5.74) is 6.09. The number of pyridine rings is 1. The van der Waals surface area contributed by atoms with Crippen molar-refractivity contribution in [2.45, 2.75) is 25.8 Å². The van der Waals surface area contributed by atoms with Crippen LogP contribution in [-0.4, -0.2) is 48.9 Å². The molecule has 44 heavy (non-hydrogen) atoms. The molecule has 0 aliphatic carbocycles. The second-order valence-corrected chi connectivity index (χ2v) is 11.0. The summed E-state index contributed by atoms with van der Waals surface area (Å²) in [7, 11) is 1.33. The van der Waals surface area contributed by atoms with Gasteiger partial charge in [-0.15, -0.1) is 0 Å². The summed E-state index contributed by atoms with van der Waals surface area (Å²) in [6.07, 6.45) is 6.37. The van der Waals surface area contributed by atoms with Crippen molar-refractivity contribution in [3.05, 3.63) is 123 Å². The largest absolute Gasteiger partial charge is 0.502 e. The number of rotatable bonds is 5. The molecule has 1 amide bonds. The van der Waals surface area contributed by atoms with Gasteiger partial charge in [-0.1, -0.05) is 24.3 Å². The number of halogens is 1. The van der Waals surface area contributed by atoms with E-state index in [0.717, 1.165) is 23.6 Å². The van der Waals surface area contributed by atoms with Crippen molar-refractivity contribution in [2.75, 3.05) is 13.7 Å². The fourth-order valence-electron chi connectivity index (χ4n) is 6.23. The molecule has 1 aliphatic rings. The first-order valence-corrected chi connectivity index (χ1v) is 14.2. The smallest absolute Gasteiger partial charge is 0.292 e. The molecule has 3 aromatic carbocycles. The van der Waals surface area contributed by atoms with E-state index in [1.807, 2.05) is 42.2 Å². The maximum atomic E-state index is 14.6. The number of methoxy groups -OCH3 is 1. The molecule has 1 atom stereocenters. The average Bonchev–Trinajstić information content (AvgIpc) is 3.49. The van der Waals surface area contributed by atoms with E-state index in [9.17, 15) is 19.1 Å². The molecule has 220 valence electrons. The number of hydrogen-bond donors (Lipinski definition) is 2. The van der Waals surface area contributed by atoms with Crippen molar-refractivity contribution in [1.29, 1.82) is 0 Å². The van der Waals surface area contributed by atoms with Crippen LogP contribution in [0, 0.1) is 12.7 Å². The van der Waals surface area contributed by atoms with Crippen molar-refractivity contribution in [3.8, 4) is 22.8 Å². The molecule has 0 saturated carbocycles. The van der Waals surface area contributed by atoms with Gasteiger partial charge < -0.3 is 19.7 Å². The molecule has 9 nitrogen and oxygen atoms in total. The number of aromatic amines is 1. The van der Waals surface area contributed by atoms with Crippen molar-refractivity contribution in [2.24, 2.45) is 0 Å². The molecular weight excluding hydrogens is 561 g/mol. The number of aryl methyl sites for hydroxylation is 1. The average molecular weight is 590 g/mol. The van der Waals surface area contributed by atoms with Gasteiger partial charge in [-0.25, -0.2) is 9.37 Å². The first-order valence-electron chi connectivity index (χ1n) is 14.2. The van der Waals surface area contributed by atoms with Crippen LogP contribution < -0.4 is 10.3 Å². The van der Waals surface area contributed by atoms with Gasteiger partial charge in [0.15, 0.2) is 17.3 Å². The molecule has 0 spiro atoms. The molecule has 0 saturated heterocycles. The number of phenols is 1. The minimum absolute atomic E-state index is 0.0439. The Morgan fingerprint density at radius 3 is 2.73 bits per heavy atom. The van der Waals surface area contributed by atoms with Crippen LogP contribution in [0.2, 0.25) is 0 Å². The molecule has 10 heteroatoms. The molecule has 1 unspecified atom stereocenters. The van der Waals surface area contributed by atoms with Gasteiger partial charge in [-0.3, -0.25) is 19.0 Å². The summed E-state index contributed by atoms with van der Waals surface area (Å²) in [5.74, 6) is -1.64. The number of fused-ring (bicyclic) bond motifs is 4. The molecule has 4 heterocycles. The monoisotopic (exact) mass is 589 g/mol. The number of carbonyl (C=O) groups is 1. The lowest BCUT2D eigenvalue weighted by molar-refractivity contribution is 0.0659. The number of carbonyl (C=O) groups excluding carboxylic acids is 1. The van der Waals surface area contributed by atoms with E-state index in [1.165, 1.54) is 24.9 Å². The lowest BCUT2D eigenvalue weighted by atomic mass is 9.88. The Morgan fingerprint density at radius 2 is 1.93 bits per heavy atom. The minimum atomic E-state index is -0.864. The van der Waals surface area contributed by atoms with E-state index in [4.69, 9.17) is 4.74 Å². The lowest BCUT2D eigenvalue weighted by Gasteiger charge is -2.38. The van der Waals surface area contributed by atoms with Crippen molar-refractivity contribution >= 4 is 22.6 Å². The highest BCUT2D eigenvalue weighted by Crippen LogP contribution is 2.37. The van der Waals surface area contributed by atoms with Crippen LogP contribution in [0.1, 0.15) is 38.7 Å². The Labute approximate surface area is 251 Å². The second-order valence-electron chi connectivity index (χ2n) is 11.0. The SMILES string of the molecule is COc1cc(-c2cnc3c(=O)[nH]c4cc(C(=O)N5CCc6ccccc6C5Cc5ccncc5)c(C)cc4n23)cc(F)c1O. The topological polar surface area (TPSA) is 113 Å². The molecule has 1 aliphatic heterocycles. The number of phenolic OH excluding ortho intramolecular Hbond substituents is 1. The number of amides is 1. The van der Waals surface area contributed by atoms with Gasteiger partial charge in [-0.2, -0.15) is 0 Å². The van der Waals surface area contributed by atoms with Crippen LogP contribution in [0.5, 0.6) is 11.5 Å². The van der Waals surface area contributed by atoms with Crippen LogP contribution in [0.4, 0.5) is 4.39 Å². The summed E-state index contributed by atoms with van der Waals surface area (Å²) in [6.45, 7) is 2.41. The Balaban J connectivity index is 1.35. The van der Waals surface area contributed by atoms with Gasteiger partial charge in [0.25, 0.3) is 11.5 Å². The second kappa shape index (κ2) is 10.6. The van der Waals surface area contributed by atoms with Gasteiger partial charge in [0.1, 0.15) is 0 Å². The molecule has 3 aromatic heterocycles. The zero-order chi connectivity index (χ0) is 30.5. The summed E-state index contributed by atoms with van der Waals surface area (Å²) >= 11 is 0. The van der Waals surface area contributed by atoms with Gasteiger partial charge >= 0.3 is 0 Å².